The van der Waals surface area contributed by atoms with E-state index < -0.39 is 20.0 Å². The van der Waals surface area contributed by atoms with Crippen molar-refractivity contribution in [1.29, 1.82) is 0 Å². The predicted octanol–water partition coefficient (Wildman–Crippen LogP) is -0.508. The molecule has 0 aliphatic carbocycles. The SMILES string of the molecule is COC(COP(=O)(O)O)C(C)O. The highest BCUT2D eigenvalue weighted by molar-refractivity contribution is 7.46. The van der Waals surface area contributed by atoms with Gasteiger partial charge in [-0.2, -0.15) is 0 Å². The maximum atomic E-state index is 10.2. The number of hydrogen-bond acceptors (Lipinski definition) is 4. The van der Waals surface area contributed by atoms with Gasteiger partial charge in [0.15, 0.2) is 0 Å². The average molecular weight is 200 g/mol. The fraction of sp³-hybridized carbons (Fsp3) is 1.00. The zero-order chi connectivity index (χ0) is 9.78. The third-order valence-electron chi connectivity index (χ3n) is 1.25. The standard InChI is InChI=1S/C5H13O6P/c1-4(6)5(10-2)3-11-12(7,8)9/h4-6H,3H2,1-2H3,(H2,7,8,9). The van der Waals surface area contributed by atoms with Gasteiger partial charge in [0, 0.05) is 7.11 Å². The molecule has 0 spiro atoms. The lowest BCUT2D eigenvalue weighted by atomic mass is 10.2. The molecule has 0 aromatic rings. The van der Waals surface area contributed by atoms with E-state index in [9.17, 15) is 4.57 Å². The number of ether oxygens (including phenoxy) is 1. The van der Waals surface area contributed by atoms with E-state index in [1.54, 1.807) is 0 Å². The van der Waals surface area contributed by atoms with Crippen molar-refractivity contribution in [3.63, 3.8) is 0 Å². The van der Waals surface area contributed by atoms with E-state index in [2.05, 4.69) is 9.26 Å². The minimum absolute atomic E-state index is 0.335. The van der Waals surface area contributed by atoms with Crippen LogP contribution in [0.15, 0.2) is 0 Å². The normalized spacial score (nSPS) is 17.4. The third-order valence-corrected chi connectivity index (χ3v) is 1.73. The second kappa shape index (κ2) is 4.91. The maximum Gasteiger partial charge on any atom is 0.469 e. The highest BCUT2D eigenvalue weighted by Gasteiger charge is 2.20. The lowest BCUT2D eigenvalue weighted by molar-refractivity contribution is -0.0319. The zero-order valence-electron chi connectivity index (χ0n) is 6.88. The molecule has 7 heteroatoms. The molecule has 0 radical (unpaired) electrons. The molecule has 12 heavy (non-hydrogen) atoms. The van der Waals surface area contributed by atoms with Gasteiger partial charge in [-0.05, 0) is 6.92 Å². The van der Waals surface area contributed by atoms with Crippen molar-refractivity contribution in [1.82, 2.24) is 0 Å². The van der Waals surface area contributed by atoms with Crippen LogP contribution in [0.25, 0.3) is 0 Å². The number of hydrogen-bond donors (Lipinski definition) is 3. The van der Waals surface area contributed by atoms with Gasteiger partial charge in [-0.25, -0.2) is 4.57 Å². The molecule has 0 rings (SSSR count). The fourth-order valence-corrected chi connectivity index (χ4v) is 0.916. The molecule has 0 aromatic heterocycles. The number of rotatable bonds is 5. The zero-order valence-corrected chi connectivity index (χ0v) is 7.77. The summed E-state index contributed by atoms with van der Waals surface area (Å²) in [6.45, 7) is 1.11. The monoisotopic (exact) mass is 200 g/mol. The Morgan fingerprint density at radius 3 is 2.25 bits per heavy atom. The smallest absolute Gasteiger partial charge is 0.391 e. The number of aliphatic hydroxyl groups is 1. The van der Waals surface area contributed by atoms with Gasteiger partial charge in [-0.3, -0.25) is 4.52 Å². The topological polar surface area (TPSA) is 96.2 Å². The van der Waals surface area contributed by atoms with Crippen molar-refractivity contribution in [3.8, 4) is 0 Å². The molecular formula is C5H13O6P. The molecule has 74 valence electrons. The first-order valence-electron chi connectivity index (χ1n) is 3.27. The molecule has 0 amide bonds. The van der Waals surface area contributed by atoms with Gasteiger partial charge in [0.05, 0.1) is 12.7 Å². The minimum Gasteiger partial charge on any atom is -0.391 e. The summed E-state index contributed by atoms with van der Waals surface area (Å²) in [4.78, 5) is 16.6. The molecule has 0 aromatic carbocycles. The summed E-state index contributed by atoms with van der Waals surface area (Å²) < 4.78 is 19.0. The Morgan fingerprint density at radius 2 is 2.00 bits per heavy atom. The van der Waals surface area contributed by atoms with Gasteiger partial charge in [-0.1, -0.05) is 0 Å². The molecule has 0 heterocycles. The first-order valence-corrected chi connectivity index (χ1v) is 4.81. The van der Waals surface area contributed by atoms with E-state index in [1.807, 2.05) is 0 Å². The molecule has 0 saturated carbocycles. The predicted molar refractivity (Wildman–Crippen MR) is 40.5 cm³/mol. The molecule has 0 aliphatic rings. The van der Waals surface area contributed by atoms with Crippen molar-refractivity contribution in [2.24, 2.45) is 0 Å². The highest BCUT2D eigenvalue weighted by Crippen LogP contribution is 2.35. The second-order valence-corrected chi connectivity index (χ2v) is 3.54. The van der Waals surface area contributed by atoms with E-state index in [0.29, 0.717) is 0 Å². The average Bonchev–Trinajstić information content (AvgIpc) is 1.85. The number of phosphoric acid groups is 1. The first-order chi connectivity index (χ1) is 5.37. The Balaban J connectivity index is 3.81. The summed E-state index contributed by atoms with van der Waals surface area (Å²) in [6, 6.07) is 0. The number of phosphoric ester groups is 1. The number of aliphatic hydroxyl groups excluding tert-OH is 1. The Bertz CT molecular complexity index is 163. The number of methoxy groups -OCH3 is 1. The van der Waals surface area contributed by atoms with Crippen LogP contribution in [0.2, 0.25) is 0 Å². The Hall–Kier alpha value is 0.0300. The quantitative estimate of drug-likeness (QED) is 0.517. The van der Waals surface area contributed by atoms with Crippen molar-refractivity contribution < 1.29 is 28.7 Å². The molecule has 2 atom stereocenters. The van der Waals surface area contributed by atoms with Crippen LogP contribution in [0.5, 0.6) is 0 Å². The summed E-state index contributed by atoms with van der Waals surface area (Å²) in [5, 5.41) is 8.95. The first kappa shape index (κ1) is 12.0. The molecule has 6 nitrogen and oxygen atoms in total. The van der Waals surface area contributed by atoms with Gasteiger partial charge in [-0.15, -0.1) is 0 Å². The van der Waals surface area contributed by atoms with E-state index in [1.165, 1.54) is 14.0 Å². The van der Waals surface area contributed by atoms with Crippen LogP contribution < -0.4 is 0 Å². The van der Waals surface area contributed by atoms with Crippen molar-refractivity contribution >= 4 is 7.82 Å². The molecule has 0 aliphatic heterocycles. The van der Waals surface area contributed by atoms with Gasteiger partial charge in [0.1, 0.15) is 6.10 Å². The Kier molecular flexibility index (Phi) is 4.92. The van der Waals surface area contributed by atoms with Crippen LogP contribution in [0.4, 0.5) is 0 Å². The van der Waals surface area contributed by atoms with Crippen LogP contribution in [0, 0.1) is 0 Å². The van der Waals surface area contributed by atoms with Crippen LogP contribution in [0.1, 0.15) is 6.92 Å². The molecule has 2 unspecified atom stereocenters. The largest absolute Gasteiger partial charge is 0.469 e. The summed E-state index contributed by atoms with van der Waals surface area (Å²) in [7, 11) is -3.14. The van der Waals surface area contributed by atoms with Crippen LogP contribution in [-0.2, 0) is 13.8 Å². The van der Waals surface area contributed by atoms with E-state index in [-0.39, 0.29) is 6.61 Å². The van der Waals surface area contributed by atoms with Crippen molar-refractivity contribution in [3.05, 3.63) is 0 Å². The fourth-order valence-electron chi connectivity index (χ4n) is 0.575. The second-order valence-electron chi connectivity index (χ2n) is 2.30. The lowest BCUT2D eigenvalue weighted by Crippen LogP contribution is -2.29. The van der Waals surface area contributed by atoms with Gasteiger partial charge < -0.3 is 19.6 Å². The van der Waals surface area contributed by atoms with Crippen LogP contribution >= 0.6 is 7.82 Å². The lowest BCUT2D eigenvalue weighted by Gasteiger charge is -2.17. The van der Waals surface area contributed by atoms with E-state index >= 15 is 0 Å². The Labute approximate surface area is 70.4 Å². The summed E-state index contributed by atoms with van der Waals surface area (Å²) in [5.74, 6) is 0. The maximum absolute atomic E-state index is 10.2. The minimum atomic E-state index is -4.46. The molecule has 0 fully saturated rings. The van der Waals surface area contributed by atoms with Gasteiger partial charge >= 0.3 is 7.82 Å². The van der Waals surface area contributed by atoms with E-state index in [0.717, 1.165) is 0 Å². The molecule has 0 bridgehead atoms. The molecule has 0 saturated heterocycles. The van der Waals surface area contributed by atoms with Gasteiger partial charge in [0.25, 0.3) is 0 Å². The van der Waals surface area contributed by atoms with Crippen LogP contribution in [-0.4, -0.2) is 40.8 Å². The van der Waals surface area contributed by atoms with Gasteiger partial charge in [0.2, 0.25) is 0 Å². The summed E-state index contributed by atoms with van der Waals surface area (Å²) in [6.07, 6.45) is -1.56. The van der Waals surface area contributed by atoms with Crippen molar-refractivity contribution in [2.45, 2.75) is 19.1 Å². The van der Waals surface area contributed by atoms with E-state index in [4.69, 9.17) is 14.9 Å². The van der Waals surface area contributed by atoms with Crippen LogP contribution in [0.3, 0.4) is 0 Å². The highest BCUT2D eigenvalue weighted by atomic mass is 31.2. The summed E-state index contributed by atoms with van der Waals surface area (Å²) in [5.41, 5.74) is 0. The molecular weight excluding hydrogens is 187 g/mol. The summed E-state index contributed by atoms with van der Waals surface area (Å²) >= 11 is 0. The molecule has 3 N–H and O–H groups in total. The third kappa shape index (κ3) is 5.65. The Morgan fingerprint density at radius 1 is 1.50 bits per heavy atom. The van der Waals surface area contributed by atoms with Crippen molar-refractivity contribution in [2.75, 3.05) is 13.7 Å².